The maximum absolute atomic E-state index is 14.0. The first-order valence-corrected chi connectivity index (χ1v) is 10.6. The predicted octanol–water partition coefficient (Wildman–Crippen LogP) is 4.91. The first kappa shape index (κ1) is 19.6. The SMILES string of the molecule is C=CCNc1nc(C(=O)OCc2cc(F)cc3c2OC(c2ccsc2)OC3)cs1. The number of nitrogens with zero attached hydrogens (tertiary/aromatic N) is 1. The zero-order valence-corrected chi connectivity index (χ0v) is 16.9. The normalized spacial score (nSPS) is 15.3. The molecule has 2 aromatic heterocycles. The summed E-state index contributed by atoms with van der Waals surface area (Å²) in [5.74, 6) is -0.554. The Morgan fingerprint density at radius 3 is 3.14 bits per heavy atom. The summed E-state index contributed by atoms with van der Waals surface area (Å²) in [7, 11) is 0. The lowest BCUT2D eigenvalue weighted by Crippen LogP contribution is -2.19. The van der Waals surface area contributed by atoms with Crippen LogP contribution < -0.4 is 10.1 Å². The van der Waals surface area contributed by atoms with Gasteiger partial charge in [-0.3, -0.25) is 0 Å². The van der Waals surface area contributed by atoms with E-state index in [4.69, 9.17) is 14.2 Å². The number of esters is 1. The lowest BCUT2D eigenvalue weighted by Gasteiger charge is -2.27. The number of aromatic nitrogens is 1. The summed E-state index contributed by atoms with van der Waals surface area (Å²) < 4.78 is 31.0. The van der Waals surface area contributed by atoms with Crippen LogP contribution >= 0.6 is 22.7 Å². The molecule has 1 aromatic carbocycles. The van der Waals surface area contributed by atoms with Crippen LogP contribution in [-0.2, 0) is 22.7 Å². The van der Waals surface area contributed by atoms with E-state index in [0.717, 1.165) is 5.56 Å². The van der Waals surface area contributed by atoms with Crippen LogP contribution in [0.5, 0.6) is 5.75 Å². The molecule has 1 aliphatic rings. The molecule has 1 atom stereocenters. The second-order valence-corrected chi connectivity index (χ2v) is 7.79. The van der Waals surface area contributed by atoms with Gasteiger partial charge in [0.2, 0.25) is 6.29 Å². The number of nitrogens with one attached hydrogen (secondary N) is 1. The van der Waals surface area contributed by atoms with Crippen molar-refractivity contribution in [2.24, 2.45) is 0 Å². The summed E-state index contributed by atoms with van der Waals surface area (Å²) >= 11 is 2.83. The topological polar surface area (TPSA) is 69.7 Å². The number of anilines is 1. The van der Waals surface area contributed by atoms with Gasteiger partial charge in [-0.15, -0.1) is 17.9 Å². The molecular formula is C20H17FN2O4S2. The van der Waals surface area contributed by atoms with E-state index < -0.39 is 18.1 Å². The zero-order valence-electron chi connectivity index (χ0n) is 15.2. The number of halogens is 1. The molecule has 0 fully saturated rings. The molecule has 9 heteroatoms. The van der Waals surface area contributed by atoms with Crippen molar-refractivity contribution in [1.82, 2.24) is 4.98 Å². The van der Waals surface area contributed by atoms with Gasteiger partial charge in [-0.05, 0) is 23.6 Å². The van der Waals surface area contributed by atoms with Crippen molar-refractivity contribution in [1.29, 1.82) is 0 Å². The van der Waals surface area contributed by atoms with E-state index in [1.165, 1.54) is 34.8 Å². The Labute approximate surface area is 174 Å². The molecule has 0 radical (unpaired) electrons. The molecule has 0 aliphatic carbocycles. The molecule has 4 rings (SSSR count). The molecule has 0 spiro atoms. The standard InChI is InChI=1S/C20H17FN2O4S2/c1-2-4-22-20-23-16(11-29-20)18(24)25-8-13-6-15(21)7-14-9-26-19(27-17(13)14)12-3-5-28-10-12/h2-3,5-7,10-11,19H,1,4,8-9H2,(H,22,23). The van der Waals surface area contributed by atoms with Crippen molar-refractivity contribution < 1.29 is 23.4 Å². The smallest absolute Gasteiger partial charge is 0.358 e. The second-order valence-electron chi connectivity index (χ2n) is 6.15. The van der Waals surface area contributed by atoms with Crippen LogP contribution in [0.4, 0.5) is 9.52 Å². The Balaban J connectivity index is 1.47. The Bertz CT molecular complexity index is 1020. The zero-order chi connectivity index (χ0) is 20.2. The Hall–Kier alpha value is -2.75. The lowest BCUT2D eigenvalue weighted by atomic mass is 10.1. The average molecular weight is 432 g/mol. The summed E-state index contributed by atoms with van der Waals surface area (Å²) in [5, 5.41) is 9.07. The van der Waals surface area contributed by atoms with E-state index in [-0.39, 0.29) is 18.9 Å². The molecule has 1 unspecified atom stereocenters. The van der Waals surface area contributed by atoms with E-state index in [1.807, 2.05) is 16.8 Å². The number of ether oxygens (including phenoxy) is 3. The first-order valence-electron chi connectivity index (χ1n) is 8.73. The fraction of sp³-hybridized carbons (Fsp3) is 0.200. The predicted molar refractivity (Wildman–Crippen MR) is 109 cm³/mol. The fourth-order valence-corrected chi connectivity index (χ4v) is 4.13. The average Bonchev–Trinajstić information content (AvgIpc) is 3.42. The number of hydrogen-bond donors (Lipinski definition) is 1. The molecule has 0 saturated carbocycles. The molecular weight excluding hydrogens is 415 g/mol. The van der Waals surface area contributed by atoms with Crippen LogP contribution in [-0.4, -0.2) is 17.5 Å². The third kappa shape index (κ3) is 4.47. The lowest BCUT2D eigenvalue weighted by molar-refractivity contribution is -0.112. The highest BCUT2D eigenvalue weighted by Gasteiger charge is 2.26. The fourth-order valence-electron chi connectivity index (χ4n) is 2.78. The van der Waals surface area contributed by atoms with Crippen molar-refractivity contribution in [2.75, 3.05) is 11.9 Å². The van der Waals surface area contributed by atoms with E-state index in [1.54, 1.807) is 11.5 Å². The van der Waals surface area contributed by atoms with Gasteiger partial charge >= 0.3 is 5.97 Å². The Kier molecular flexibility index (Phi) is 5.89. The van der Waals surface area contributed by atoms with Gasteiger partial charge in [-0.1, -0.05) is 6.08 Å². The number of benzene rings is 1. The third-order valence-corrected chi connectivity index (χ3v) is 5.61. The number of carbonyl (C=O) groups excluding carboxylic acids is 1. The summed E-state index contributed by atoms with van der Waals surface area (Å²) in [6, 6.07) is 4.58. The van der Waals surface area contributed by atoms with E-state index >= 15 is 0 Å². The molecule has 3 heterocycles. The molecule has 29 heavy (non-hydrogen) atoms. The molecule has 1 N–H and O–H groups in total. The van der Waals surface area contributed by atoms with Gasteiger partial charge in [0.1, 0.15) is 18.2 Å². The number of rotatable bonds is 7. The van der Waals surface area contributed by atoms with Crippen LogP contribution in [0.3, 0.4) is 0 Å². The van der Waals surface area contributed by atoms with E-state index in [0.29, 0.717) is 28.6 Å². The van der Waals surface area contributed by atoms with E-state index in [9.17, 15) is 9.18 Å². The van der Waals surface area contributed by atoms with Gasteiger partial charge in [0.05, 0.1) is 6.61 Å². The second kappa shape index (κ2) is 8.73. The Morgan fingerprint density at radius 2 is 2.34 bits per heavy atom. The van der Waals surface area contributed by atoms with Crippen molar-refractivity contribution in [2.45, 2.75) is 19.5 Å². The van der Waals surface area contributed by atoms with Crippen molar-refractivity contribution >= 4 is 33.8 Å². The molecule has 0 saturated heterocycles. The summed E-state index contributed by atoms with van der Waals surface area (Å²) in [6.07, 6.45) is 1.12. The maximum atomic E-state index is 14.0. The number of fused-ring (bicyclic) bond motifs is 1. The Morgan fingerprint density at radius 1 is 1.45 bits per heavy atom. The number of thiophene rings is 1. The maximum Gasteiger partial charge on any atom is 0.358 e. The minimum atomic E-state index is -0.590. The van der Waals surface area contributed by atoms with Gasteiger partial charge < -0.3 is 19.5 Å². The summed E-state index contributed by atoms with van der Waals surface area (Å²) in [5.41, 5.74) is 2.09. The monoisotopic (exact) mass is 432 g/mol. The van der Waals surface area contributed by atoms with Gasteiger partial charge in [0.25, 0.3) is 0 Å². The molecule has 6 nitrogen and oxygen atoms in total. The third-order valence-electron chi connectivity index (χ3n) is 4.11. The van der Waals surface area contributed by atoms with Crippen LogP contribution in [0.2, 0.25) is 0 Å². The van der Waals surface area contributed by atoms with Gasteiger partial charge in [-0.25, -0.2) is 14.2 Å². The van der Waals surface area contributed by atoms with Crippen LogP contribution in [0.1, 0.15) is 33.5 Å². The van der Waals surface area contributed by atoms with Gasteiger partial charge in [0.15, 0.2) is 10.8 Å². The number of carbonyl (C=O) groups is 1. The van der Waals surface area contributed by atoms with Crippen LogP contribution in [0, 0.1) is 5.82 Å². The van der Waals surface area contributed by atoms with Crippen LogP contribution in [0.15, 0.2) is 47.0 Å². The molecule has 0 bridgehead atoms. The summed E-state index contributed by atoms with van der Waals surface area (Å²) in [6.45, 7) is 4.23. The summed E-state index contributed by atoms with van der Waals surface area (Å²) in [4.78, 5) is 16.5. The molecule has 0 amide bonds. The highest BCUT2D eigenvalue weighted by atomic mass is 32.1. The minimum absolute atomic E-state index is 0.137. The number of hydrogen-bond acceptors (Lipinski definition) is 8. The van der Waals surface area contributed by atoms with Gasteiger partial charge in [-0.2, -0.15) is 11.3 Å². The minimum Gasteiger partial charge on any atom is -0.460 e. The highest BCUT2D eigenvalue weighted by molar-refractivity contribution is 7.13. The van der Waals surface area contributed by atoms with Crippen LogP contribution in [0.25, 0.3) is 0 Å². The number of thiazole rings is 1. The van der Waals surface area contributed by atoms with E-state index in [2.05, 4.69) is 16.9 Å². The van der Waals surface area contributed by atoms with Crippen molar-refractivity contribution in [3.05, 3.63) is 75.2 Å². The van der Waals surface area contributed by atoms with Gasteiger partial charge in [0, 0.05) is 34.0 Å². The largest absolute Gasteiger partial charge is 0.460 e. The highest BCUT2D eigenvalue weighted by Crippen LogP contribution is 2.37. The molecule has 150 valence electrons. The quantitative estimate of drug-likeness (QED) is 0.423. The van der Waals surface area contributed by atoms with Crippen molar-refractivity contribution in [3.8, 4) is 5.75 Å². The first-order chi connectivity index (χ1) is 14.1. The molecule has 1 aliphatic heterocycles. The molecule has 3 aromatic rings. The van der Waals surface area contributed by atoms with Crippen molar-refractivity contribution in [3.63, 3.8) is 0 Å².